The number of aliphatic hydroxyl groups is 2. The van der Waals surface area contributed by atoms with Crippen LogP contribution in [0.1, 0.15) is 361 Å². The van der Waals surface area contributed by atoms with Gasteiger partial charge in [-0.1, -0.05) is 328 Å². The van der Waals surface area contributed by atoms with Crippen molar-refractivity contribution in [2.75, 3.05) is 13.2 Å². The largest absolute Gasteiger partial charge is 0.466 e. The second kappa shape index (κ2) is 60.2. The summed E-state index contributed by atoms with van der Waals surface area (Å²) in [6.45, 7) is 4.90. The molecule has 2 unspecified atom stereocenters. The minimum atomic E-state index is -0.837. The van der Waals surface area contributed by atoms with E-state index < -0.39 is 12.1 Å². The first kappa shape index (κ1) is 68.6. The topological polar surface area (TPSA) is 95.9 Å². The fraction of sp³-hybridized carbons (Fsp3) is 0.938. The minimum absolute atomic E-state index is 0.0215. The van der Waals surface area contributed by atoms with Crippen LogP contribution in [0.2, 0.25) is 0 Å². The Balaban J connectivity index is 3.29. The number of hydrogen-bond acceptors (Lipinski definition) is 5. The molecule has 0 aromatic heterocycles. The average molecular weight is 989 g/mol. The van der Waals surface area contributed by atoms with Crippen molar-refractivity contribution in [2.24, 2.45) is 0 Å². The predicted molar refractivity (Wildman–Crippen MR) is 306 cm³/mol. The quantitative estimate of drug-likeness (QED) is 0.0321. The SMILES string of the molecule is CCCCCCCCC/C=C/C(O)C(CO)NC(=O)CCCCCCCCCCCCCCCCCCCCCCCCCCCCCCCCCCCOC(=O)CCCCCCCCCCCCC. The summed E-state index contributed by atoms with van der Waals surface area (Å²) >= 11 is 0. The highest BCUT2D eigenvalue weighted by atomic mass is 16.5. The van der Waals surface area contributed by atoms with Crippen molar-refractivity contribution in [2.45, 2.75) is 373 Å². The number of esters is 1. The van der Waals surface area contributed by atoms with E-state index in [1.807, 2.05) is 6.08 Å². The predicted octanol–water partition coefficient (Wildman–Crippen LogP) is 20.0. The Morgan fingerprint density at radius 1 is 0.386 bits per heavy atom. The van der Waals surface area contributed by atoms with Gasteiger partial charge in [-0.3, -0.25) is 9.59 Å². The molecule has 0 aliphatic heterocycles. The summed E-state index contributed by atoms with van der Waals surface area (Å²) < 4.78 is 5.47. The van der Waals surface area contributed by atoms with Crippen LogP contribution in [-0.2, 0) is 14.3 Å². The van der Waals surface area contributed by atoms with E-state index in [4.69, 9.17) is 4.74 Å². The maximum absolute atomic E-state index is 12.4. The van der Waals surface area contributed by atoms with Gasteiger partial charge in [-0.05, 0) is 32.1 Å². The molecule has 0 aromatic carbocycles. The Bertz CT molecular complexity index is 1050. The molecule has 0 saturated carbocycles. The Kier molecular flexibility index (Phi) is 59.0. The van der Waals surface area contributed by atoms with E-state index in [-0.39, 0.29) is 18.5 Å². The standard InChI is InChI=1S/C64H125NO5/c1-3-5-7-9-11-13-37-42-46-50-54-58-64(69)70-59-55-51-47-43-39-36-34-32-30-28-26-24-22-20-18-16-14-15-17-19-21-23-25-27-29-31-33-35-38-41-45-49-53-57-63(68)65-61(60-66)62(67)56-52-48-44-40-12-10-8-6-4-2/h52,56,61-62,66-67H,3-51,53-55,57-60H2,1-2H3,(H,65,68)/b56-52+. The Morgan fingerprint density at radius 2 is 0.657 bits per heavy atom. The number of rotatable bonds is 60. The van der Waals surface area contributed by atoms with Crippen LogP contribution in [0.4, 0.5) is 0 Å². The average Bonchev–Trinajstić information content (AvgIpc) is 3.36. The fourth-order valence-electron chi connectivity index (χ4n) is 10.2. The molecule has 0 rings (SSSR count). The summed E-state index contributed by atoms with van der Waals surface area (Å²) in [5.41, 5.74) is 0. The van der Waals surface area contributed by atoms with Crippen molar-refractivity contribution in [1.82, 2.24) is 5.32 Å². The number of carbonyl (C=O) groups is 2. The molecule has 3 N–H and O–H groups in total. The first-order valence-corrected chi connectivity index (χ1v) is 32.0. The van der Waals surface area contributed by atoms with Crippen LogP contribution < -0.4 is 5.32 Å². The number of allylic oxidation sites excluding steroid dienone is 1. The van der Waals surface area contributed by atoms with Gasteiger partial charge < -0.3 is 20.3 Å². The normalized spacial score (nSPS) is 12.6. The van der Waals surface area contributed by atoms with Crippen LogP contribution in [-0.4, -0.2) is 47.4 Å². The lowest BCUT2D eigenvalue weighted by atomic mass is 10.0. The molecular weight excluding hydrogens is 863 g/mol. The first-order chi connectivity index (χ1) is 34.5. The van der Waals surface area contributed by atoms with E-state index >= 15 is 0 Å². The Hall–Kier alpha value is -1.40. The molecule has 2 atom stereocenters. The molecule has 416 valence electrons. The molecule has 1 amide bonds. The molecule has 0 heterocycles. The highest BCUT2D eigenvalue weighted by molar-refractivity contribution is 5.76. The lowest BCUT2D eigenvalue weighted by Crippen LogP contribution is -2.45. The van der Waals surface area contributed by atoms with E-state index in [2.05, 4.69) is 19.2 Å². The highest BCUT2D eigenvalue weighted by Gasteiger charge is 2.18. The number of hydrogen-bond donors (Lipinski definition) is 3. The van der Waals surface area contributed by atoms with Gasteiger partial charge in [-0.15, -0.1) is 0 Å². The number of aliphatic hydroxyl groups excluding tert-OH is 2. The van der Waals surface area contributed by atoms with Gasteiger partial charge in [-0.25, -0.2) is 0 Å². The number of amides is 1. The maximum atomic E-state index is 12.4. The molecule has 0 saturated heterocycles. The Morgan fingerprint density at radius 3 is 0.971 bits per heavy atom. The van der Waals surface area contributed by atoms with Gasteiger partial charge in [0.1, 0.15) is 0 Å². The minimum Gasteiger partial charge on any atom is -0.466 e. The van der Waals surface area contributed by atoms with E-state index in [0.717, 1.165) is 38.5 Å². The van der Waals surface area contributed by atoms with Crippen molar-refractivity contribution in [3.63, 3.8) is 0 Å². The van der Waals surface area contributed by atoms with Gasteiger partial charge in [0.05, 0.1) is 25.4 Å². The second-order valence-electron chi connectivity index (χ2n) is 22.1. The van der Waals surface area contributed by atoms with E-state index in [0.29, 0.717) is 19.4 Å². The molecule has 6 heteroatoms. The van der Waals surface area contributed by atoms with Crippen LogP contribution in [0.25, 0.3) is 0 Å². The summed E-state index contributed by atoms with van der Waals surface area (Å²) in [6.07, 6.45) is 72.9. The zero-order valence-corrected chi connectivity index (χ0v) is 47.5. The van der Waals surface area contributed by atoms with E-state index in [9.17, 15) is 19.8 Å². The van der Waals surface area contributed by atoms with Crippen LogP contribution in [0, 0.1) is 0 Å². The van der Waals surface area contributed by atoms with Crippen LogP contribution in [0.3, 0.4) is 0 Å². The summed E-state index contributed by atoms with van der Waals surface area (Å²) in [4.78, 5) is 24.4. The molecule has 0 aromatic rings. The molecule has 0 radical (unpaired) electrons. The number of nitrogens with one attached hydrogen (secondary N) is 1. The monoisotopic (exact) mass is 988 g/mol. The highest BCUT2D eigenvalue weighted by Crippen LogP contribution is 2.18. The summed E-state index contributed by atoms with van der Waals surface area (Å²) in [5.74, 6) is -0.0429. The van der Waals surface area contributed by atoms with Crippen LogP contribution >= 0.6 is 0 Å². The molecule has 0 bridgehead atoms. The van der Waals surface area contributed by atoms with Gasteiger partial charge in [0.15, 0.2) is 0 Å². The third-order valence-electron chi connectivity index (χ3n) is 15.1. The zero-order valence-electron chi connectivity index (χ0n) is 47.5. The zero-order chi connectivity index (χ0) is 50.7. The first-order valence-electron chi connectivity index (χ1n) is 32.0. The molecule has 0 fully saturated rings. The van der Waals surface area contributed by atoms with E-state index in [1.54, 1.807) is 6.08 Å². The van der Waals surface area contributed by atoms with Crippen LogP contribution in [0.15, 0.2) is 12.2 Å². The molecule has 0 aliphatic carbocycles. The fourth-order valence-corrected chi connectivity index (χ4v) is 10.2. The van der Waals surface area contributed by atoms with Crippen molar-refractivity contribution >= 4 is 11.9 Å². The summed E-state index contributed by atoms with van der Waals surface area (Å²) in [6, 6.07) is -0.621. The van der Waals surface area contributed by atoms with Gasteiger partial charge in [0, 0.05) is 12.8 Å². The van der Waals surface area contributed by atoms with Crippen molar-refractivity contribution < 1.29 is 24.5 Å². The lowest BCUT2D eigenvalue weighted by Gasteiger charge is -2.20. The molecular formula is C64H125NO5. The molecule has 0 aliphatic rings. The van der Waals surface area contributed by atoms with Gasteiger partial charge in [0.25, 0.3) is 0 Å². The van der Waals surface area contributed by atoms with Crippen molar-refractivity contribution in [1.29, 1.82) is 0 Å². The number of carbonyl (C=O) groups excluding carboxylic acids is 2. The third kappa shape index (κ3) is 55.9. The third-order valence-corrected chi connectivity index (χ3v) is 15.1. The smallest absolute Gasteiger partial charge is 0.305 e. The molecule has 70 heavy (non-hydrogen) atoms. The molecule has 0 spiro atoms. The second-order valence-corrected chi connectivity index (χ2v) is 22.1. The summed E-state index contributed by atoms with van der Waals surface area (Å²) in [5, 5.41) is 23.0. The maximum Gasteiger partial charge on any atom is 0.305 e. The van der Waals surface area contributed by atoms with Gasteiger partial charge in [0.2, 0.25) is 5.91 Å². The van der Waals surface area contributed by atoms with Gasteiger partial charge >= 0.3 is 5.97 Å². The van der Waals surface area contributed by atoms with Crippen molar-refractivity contribution in [3.05, 3.63) is 12.2 Å². The number of ether oxygens (including phenoxy) is 1. The van der Waals surface area contributed by atoms with E-state index in [1.165, 1.54) is 295 Å². The molecule has 6 nitrogen and oxygen atoms in total. The van der Waals surface area contributed by atoms with Gasteiger partial charge in [-0.2, -0.15) is 0 Å². The van der Waals surface area contributed by atoms with Crippen molar-refractivity contribution in [3.8, 4) is 0 Å². The lowest BCUT2D eigenvalue weighted by molar-refractivity contribution is -0.143. The number of unbranched alkanes of at least 4 members (excludes halogenated alkanes) is 49. The summed E-state index contributed by atoms with van der Waals surface area (Å²) in [7, 11) is 0. The Labute approximate surface area is 438 Å². The van der Waals surface area contributed by atoms with Crippen LogP contribution in [0.5, 0.6) is 0 Å².